The van der Waals surface area contributed by atoms with Gasteiger partial charge in [0.2, 0.25) is 5.91 Å². The van der Waals surface area contributed by atoms with Gasteiger partial charge >= 0.3 is 7.82 Å². The van der Waals surface area contributed by atoms with E-state index >= 15 is 0 Å². The van der Waals surface area contributed by atoms with Gasteiger partial charge < -0.3 is 19.8 Å². The van der Waals surface area contributed by atoms with Crippen LogP contribution in [0.4, 0.5) is 0 Å². The summed E-state index contributed by atoms with van der Waals surface area (Å²) in [5.74, 6) is -0.133. The first-order chi connectivity index (χ1) is 42.5. The van der Waals surface area contributed by atoms with Crippen LogP contribution in [-0.2, 0) is 18.4 Å². The highest BCUT2D eigenvalue weighted by atomic mass is 31.2. The molecule has 0 aliphatic carbocycles. The van der Waals surface area contributed by atoms with Gasteiger partial charge in [-0.05, 0) is 38.5 Å². The van der Waals surface area contributed by atoms with E-state index in [4.69, 9.17) is 9.05 Å². The van der Waals surface area contributed by atoms with Crippen molar-refractivity contribution in [1.29, 1.82) is 0 Å². The molecule has 8 nitrogen and oxygen atoms in total. The zero-order chi connectivity index (χ0) is 63.4. The molecule has 3 N–H and O–H groups in total. The summed E-state index contributed by atoms with van der Waals surface area (Å²) in [7, 11) is 1.64. The molecule has 87 heavy (non-hydrogen) atoms. The highest BCUT2D eigenvalue weighted by Crippen LogP contribution is 2.43. The zero-order valence-corrected chi connectivity index (χ0v) is 60.7. The van der Waals surface area contributed by atoms with Crippen LogP contribution in [0, 0.1) is 0 Å². The number of rotatable bonds is 75. The predicted molar refractivity (Wildman–Crippen MR) is 383 cm³/mol. The van der Waals surface area contributed by atoms with Gasteiger partial charge in [-0.3, -0.25) is 13.8 Å². The molecule has 3 unspecified atom stereocenters. The molecular weight excluding hydrogens is 1090 g/mol. The summed E-state index contributed by atoms with van der Waals surface area (Å²) in [6, 6.07) is -0.759. The molecule has 0 fully saturated rings. The van der Waals surface area contributed by atoms with Crippen LogP contribution in [0.25, 0.3) is 0 Å². The maximum Gasteiger partial charge on any atom is 0.472 e. The Kier molecular flexibility index (Phi) is 69.0. The Morgan fingerprint density at radius 2 is 0.621 bits per heavy atom. The summed E-state index contributed by atoms with van der Waals surface area (Å²) in [6.07, 6.45) is 90.7. The molecule has 0 aliphatic heterocycles. The summed E-state index contributed by atoms with van der Waals surface area (Å²) in [5, 5.41) is 14.2. The van der Waals surface area contributed by atoms with E-state index in [0.717, 1.165) is 38.5 Å². The lowest BCUT2D eigenvalue weighted by molar-refractivity contribution is -0.870. The SMILES string of the molecule is CCCCCCCCCC/C=C\CCCCCCCCCCCCCCCCCCCCCCCCCC(=O)NC(COP(=O)(O)OCC[N+](C)(C)C)C(O)CCCCCCCCCCCCCCCCCCCCCCCCCCCCCCCC. The number of aliphatic hydroxyl groups is 1. The molecule has 0 rings (SSSR count). The number of allylic oxidation sites excluding steroid dienone is 2. The van der Waals surface area contributed by atoms with Crippen LogP contribution < -0.4 is 5.32 Å². The van der Waals surface area contributed by atoms with E-state index in [-0.39, 0.29) is 19.1 Å². The lowest BCUT2D eigenvalue weighted by atomic mass is 10.0. The monoisotopic (exact) mass is 1250 g/mol. The summed E-state index contributed by atoms with van der Waals surface area (Å²) in [5.41, 5.74) is 0. The number of nitrogens with zero attached hydrogens (tertiary/aromatic N) is 1. The molecular formula is C78H158N2O6P+. The molecule has 0 saturated carbocycles. The van der Waals surface area contributed by atoms with Crippen molar-refractivity contribution < 1.29 is 32.9 Å². The highest BCUT2D eigenvalue weighted by Gasteiger charge is 2.28. The normalized spacial score (nSPS) is 13.5. The van der Waals surface area contributed by atoms with Crippen molar-refractivity contribution in [3.05, 3.63) is 12.2 Å². The van der Waals surface area contributed by atoms with Crippen molar-refractivity contribution in [1.82, 2.24) is 5.32 Å². The molecule has 0 radical (unpaired) electrons. The third kappa shape index (κ3) is 72.5. The third-order valence-electron chi connectivity index (χ3n) is 18.8. The number of phosphoric ester groups is 1. The minimum atomic E-state index is -4.33. The van der Waals surface area contributed by atoms with Gasteiger partial charge in [0.25, 0.3) is 0 Å². The van der Waals surface area contributed by atoms with Crippen molar-refractivity contribution in [2.75, 3.05) is 40.9 Å². The first-order valence-corrected chi connectivity index (χ1v) is 41.0. The van der Waals surface area contributed by atoms with Gasteiger partial charge in [0.15, 0.2) is 0 Å². The van der Waals surface area contributed by atoms with Crippen LogP contribution in [0.15, 0.2) is 12.2 Å². The number of likely N-dealkylation sites (N-methyl/N-ethyl adjacent to an activating group) is 1. The minimum absolute atomic E-state index is 0.0788. The molecule has 3 atom stereocenters. The number of quaternary nitrogens is 1. The first kappa shape index (κ1) is 86.2. The molecule has 0 bridgehead atoms. The molecule has 0 aliphatic rings. The van der Waals surface area contributed by atoms with Crippen LogP contribution in [0.5, 0.6) is 0 Å². The van der Waals surface area contributed by atoms with Crippen molar-refractivity contribution in [3.8, 4) is 0 Å². The van der Waals surface area contributed by atoms with Gasteiger partial charge in [0.05, 0.1) is 39.9 Å². The van der Waals surface area contributed by atoms with E-state index in [1.165, 1.54) is 366 Å². The lowest BCUT2D eigenvalue weighted by Crippen LogP contribution is -2.46. The highest BCUT2D eigenvalue weighted by molar-refractivity contribution is 7.47. The van der Waals surface area contributed by atoms with Crippen LogP contribution in [0.3, 0.4) is 0 Å². The number of nitrogens with one attached hydrogen (secondary N) is 1. The number of carbonyl (C=O) groups excluding carboxylic acids is 1. The summed E-state index contributed by atoms with van der Waals surface area (Å²) < 4.78 is 24.0. The van der Waals surface area contributed by atoms with E-state index < -0.39 is 20.0 Å². The largest absolute Gasteiger partial charge is 0.472 e. The second-order valence-corrected chi connectivity index (χ2v) is 30.3. The van der Waals surface area contributed by atoms with Crippen LogP contribution in [0.2, 0.25) is 0 Å². The maximum absolute atomic E-state index is 13.1. The fourth-order valence-electron chi connectivity index (χ4n) is 12.6. The minimum Gasteiger partial charge on any atom is -0.391 e. The van der Waals surface area contributed by atoms with Crippen LogP contribution in [0.1, 0.15) is 431 Å². The van der Waals surface area contributed by atoms with Crippen molar-refractivity contribution in [2.24, 2.45) is 0 Å². The number of amides is 1. The second kappa shape index (κ2) is 69.6. The Balaban J connectivity index is 3.91. The van der Waals surface area contributed by atoms with Crippen molar-refractivity contribution in [2.45, 2.75) is 443 Å². The Labute approximate surface area is 545 Å². The number of phosphoric acid groups is 1. The van der Waals surface area contributed by atoms with E-state index in [0.29, 0.717) is 23.9 Å². The Morgan fingerprint density at radius 1 is 0.379 bits per heavy atom. The molecule has 520 valence electrons. The molecule has 9 heteroatoms. The second-order valence-electron chi connectivity index (χ2n) is 28.8. The number of unbranched alkanes of at least 4 members (excludes halogenated alkanes) is 60. The standard InChI is InChI=1S/C78H157N2O6P/c1-6-8-10-12-14-16-18-20-22-24-26-28-30-32-34-36-38-39-40-41-42-44-46-48-50-52-54-56-58-60-62-64-66-68-70-72-78(82)79-76(75-86-87(83,84)85-74-73-80(3,4)5)77(81)71-69-67-65-63-61-59-57-55-53-51-49-47-45-43-37-35-33-31-29-27-25-23-21-19-17-15-13-11-9-7-2/h24,26,76-77,81H,6-23,25,27-75H2,1-5H3,(H-,79,82,83,84)/p+1/b26-24-. The molecule has 0 heterocycles. The van der Waals surface area contributed by atoms with Gasteiger partial charge in [0.1, 0.15) is 13.2 Å². The summed E-state index contributed by atoms with van der Waals surface area (Å²) in [6.45, 7) is 4.97. The molecule has 0 spiro atoms. The van der Waals surface area contributed by atoms with Gasteiger partial charge in [-0.2, -0.15) is 0 Å². The van der Waals surface area contributed by atoms with E-state index in [2.05, 4.69) is 31.3 Å². The number of aliphatic hydroxyl groups excluding tert-OH is 1. The number of hydrogen-bond acceptors (Lipinski definition) is 5. The number of carbonyl (C=O) groups is 1. The fourth-order valence-corrected chi connectivity index (χ4v) is 13.4. The van der Waals surface area contributed by atoms with Gasteiger partial charge in [-0.1, -0.05) is 398 Å². The van der Waals surface area contributed by atoms with Gasteiger partial charge in [-0.25, -0.2) is 4.57 Å². The molecule has 1 amide bonds. The number of hydrogen-bond donors (Lipinski definition) is 3. The van der Waals surface area contributed by atoms with E-state index in [1.807, 2.05) is 21.1 Å². The quantitative estimate of drug-likeness (QED) is 0.0243. The molecule has 0 aromatic rings. The van der Waals surface area contributed by atoms with E-state index in [9.17, 15) is 19.4 Å². The van der Waals surface area contributed by atoms with Crippen LogP contribution >= 0.6 is 7.82 Å². The Bertz CT molecular complexity index is 1420. The molecule has 0 saturated heterocycles. The van der Waals surface area contributed by atoms with Gasteiger partial charge in [0, 0.05) is 6.42 Å². The third-order valence-corrected chi connectivity index (χ3v) is 19.7. The average Bonchev–Trinajstić information content (AvgIpc) is 3.70. The molecule has 0 aromatic carbocycles. The summed E-state index contributed by atoms with van der Waals surface area (Å²) in [4.78, 5) is 23.5. The van der Waals surface area contributed by atoms with Crippen molar-refractivity contribution in [3.63, 3.8) is 0 Å². The Morgan fingerprint density at radius 3 is 0.885 bits per heavy atom. The van der Waals surface area contributed by atoms with Gasteiger partial charge in [-0.15, -0.1) is 0 Å². The zero-order valence-electron chi connectivity index (χ0n) is 59.8. The maximum atomic E-state index is 13.1. The Hall–Kier alpha value is -0.760. The summed E-state index contributed by atoms with van der Waals surface area (Å²) >= 11 is 0. The molecule has 0 aromatic heterocycles. The fraction of sp³-hybridized carbons (Fsp3) is 0.962. The smallest absolute Gasteiger partial charge is 0.391 e. The predicted octanol–water partition coefficient (Wildman–Crippen LogP) is 25.6. The van der Waals surface area contributed by atoms with Crippen molar-refractivity contribution >= 4 is 13.7 Å². The lowest BCUT2D eigenvalue weighted by Gasteiger charge is -2.26. The first-order valence-electron chi connectivity index (χ1n) is 39.6. The van der Waals surface area contributed by atoms with E-state index in [1.54, 1.807) is 0 Å². The average molecular weight is 1250 g/mol. The topological polar surface area (TPSA) is 105 Å². The van der Waals surface area contributed by atoms with Crippen LogP contribution in [-0.4, -0.2) is 73.4 Å².